The van der Waals surface area contributed by atoms with Gasteiger partial charge < -0.3 is 14.6 Å². The van der Waals surface area contributed by atoms with Crippen molar-refractivity contribution in [1.82, 2.24) is 10.2 Å². The SMILES string of the molecule is O=C(c1oc2ccccc2c1CSc1ccccc1F)N1CCNCC1. The number of nitrogens with one attached hydrogen (secondary N) is 1. The number of rotatable bonds is 4. The molecule has 6 heteroatoms. The molecule has 1 N–H and O–H groups in total. The third kappa shape index (κ3) is 3.34. The topological polar surface area (TPSA) is 45.5 Å². The van der Waals surface area contributed by atoms with Crippen LogP contribution in [0.1, 0.15) is 16.1 Å². The van der Waals surface area contributed by atoms with Gasteiger partial charge in [0.1, 0.15) is 11.4 Å². The van der Waals surface area contributed by atoms with Crippen molar-refractivity contribution < 1.29 is 13.6 Å². The molecule has 4 rings (SSSR count). The first-order valence-electron chi connectivity index (χ1n) is 8.62. The van der Waals surface area contributed by atoms with Gasteiger partial charge in [-0.05, 0) is 18.2 Å². The largest absolute Gasteiger partial charge is 0.451 e. The lowest BCUT2D eigenvalue weighted by Crippen LogP contribution is -2.46. The molecule has 4 nitrogen and oxygen atoms in total. The molecule has 0 aliphatic carbocycles. The molecule has 0 radical (unpaired) electrons. The molecule has 0 bridgehead atoms. The van der Waals surface area contributed by atoms with Gasteiger partial charge in [0, 0.05) is 47.8 Å². The van der Waals surface area contributed by atoms with E-state index in [1.807, 2.05) is 35.2 Å². The molecule has 134 valence electrons. The Kier molecular flexibility index (Phi) is 4.95. The highest BCUT2D eigenvalue weighted by atomic mass is 32.2. The van der Waals surface area contributed by atoms with E-state index < -0.39 is 0 Å². The third-order valence-electron chi connectivity index (χ3n) is 4.51. The summed E-state index contributed by atoms with van der Waals surface area (Å²) < 4.78 is 19.9. The minimum absolute atomic E-state index is 0.0909. The van der Waals surface area contributed by atoms with Gasteiger partial charge in [-0.2, -0.15) is 0 Å². The van der Waals surface area contributed by atoms with Crippen molar-refractivity contribution in [2.45, 2.75) is 10.6 Å². The van der Waals surface area contributed by atoms with Crippen LogP contribution in [0.15, 0.2) is 57.8 Å². The minimum Gasteiger partial charge on any atom is -0.451 e. The Labute approximate surface area is 155 Å². The summed E-state index contributed by atoms with van der Waals surface area (Å²) in [6, 6.07) is 14.3. The number of carbonyl (C=O) groups excluding carboxylic acids is 1. The Morgan fingerprint density at radius 3 is 2.65 bits per heavy atom. The quantitative estimate of drug-likeness (QED) is 0.708. The van der Waals surface area contributed by atoms with E-state index in [2.05, 4.69) is 5.32 Å². The van der Waals surface area contributed by atoms with E-state index in [0.29, 0.717) is 35.1 Å². The van der Waals surface area contributed by atoms with Gasteiger partial charge in [0.15, 0.2) is 5.76 Å². The summed E-state index contributed by atoms with van der Waals surface area (Å²) in [5.74, 6) is 0.509. The fraction of sp³-hybridized carbons (Fsp3) is 0.250. The molecule has 2 aromatic carbocycles. The Bertz CT molecular complexity index is 934. The van der Waals surface area contributed by atoms with E-state index in [0.717, 1.165) is 24.0 Å². The number of hydrogen-bond acceptors (Lipinski definition) is 4. The second kappa shape index (κ2) is 7.51. The van der Waals surface area contributed by atoms with Crippen LogP contribution in [-0.2, 0) is 5.75 Å². The molecule has 1 aliphatic heterocycles. The van der Waals surface area contributed by atoms with Crippen molar-refractivity contribution in [2.24, 2.45) is 0 Å². The lowest BCUT2D eigenvalue weighted by atomic mass is 10.1. The molecule has 1 aromatic heterocycles. The number of para-hydroxylation sites is 1. The number of halogens is 1. The first-order chi connectivity index (χ1) is 12.7. The van der Waals surface area contributed by atoms with Gasteiger partial charge in [0.25, 0.3) is 5.91 Å². The number of thioether (sulfide) groups is 1. The number of carbonyl (C=O) groups is 1. The number of amides is 1. The summed E-state index contributed by atoms with van der Waals surface area (Å²) in [7, 11) is 0. The maximum atomic E-state index is 14.0. The van der Waals surface area contributed by atoms with Gasteiger partial charge in [-0.3, -0.25) is 4.79 Å². The normalized spacial score (nSPS) is 14.7. The summed E-state index contributed by atoms with van der Waals surface area (Å²) in [4.78, 5) is 15.4. The van der Waals surface area contributed by atoms with Crippen LogP contribution < -0.4 is 5.32 Å². The molecular weight excluding hydrogens is 351 g/mol. The second-order valence-electron chi connectivity index (χ2n) is 6.17. The van der Waals surface area contributed by atoms with E-state index in [1.54, 1.807) is 12.1 Å². The highest BCUT2D eigenvalue weighted by Gasteiger charge is 2.26. The van der Waals surface area contributed by atoms with Gasteiger partial charge in [-0.1, -0.05) is 30.3 Å². The van der Waals surface area contributed by atoms with E-state index in [1.165, 1.54) is 17.8 Å². The number of fused-ring (bicyclic) bond motifs is 1. The van der Waals surface area contributed by atoms with Crippen molar-refractivity contribution in [1.29, 1.82) is 0 Å². The Morgan fingerprint density at radius 1 is 1.12 bits per heavy atom. The second-order valence-corrected chi connectivity index (χ2v) is 7.18. The van der Waals surface area contributed by atoms with Crippen molar-refractivity contribution in [3.8, 4) is 0 Å². The van der Waals surface area contributed by atoms with E-state index in [-0.39, 0.29) is 11.7 Å². The number of benzene rings is 2. The Morgan fingerprint density at radius 2 is 1.85 bits per heavy atom. The predicted molar refractivity (Wildman–Crippen MR) is 101 cm³/mol. The molecule has 0 unspecified atom stereocenters. The minimum atomic E-state index is -0.250. The molecule has 0 spiro atoms. The highest BCUT2D eigenvalue weighted by Crippen LogP contribution is 2.33. The van der Waals surface area contributed by atoms with E-state index in [4.69, 9.17) is 4.42 Å². The zero-order valence-corrected chi connectivity index (χ0v) is 15.0. The maximum absolute atomic E-state index is 14.0. The van der Waals surface area contributed by atoms with Crippen LogP contribution in [0.2, 0.25) is 0 Å². The third-order valence-corrected chi connectivity index (χ3v) is 5.58. The van der Waals surface area contributed by atoms with Gasteiger partial charge >= 0.3 is 0 Å². The number of nitrogens with zero attached hydrogens (tertiary/aromatic N) is 1. The Hall–Kier alpha value is -2.31. The zero-order valence-electron chi connectivity index (χ0n) is 14.2. The first-order valence-corrected chi connectivity index (χ1v) is 9.60. The smallest absolute Gasteiger partial charge is 0.290 e. The van der Waals surface area contributed by atoms with E-state index >= 15 is 0 Å². The lowest BCUT2D eigenvalue weighted by molar-refractivity contribution is 0.0705. The fourth-order valence-electron chi connectivity index (χ4n) is 3.14. The van der Waals surface area contributed by atoms with Crippen LogP contribution in [0.5, 0.6) is 0 Å². The van der Waals surface area contributed by atoms with Crippen LogP contribution >= 0.6 is 11.8 Å². The predicted octanol–water partition coefficient (Wildman–Crippen LogP) is 3.91. The zero-order chi connectivity index (χ0) is 17.9. The number of furan rings is 1. The lowest BCUT2D eigenvalue weighted by Gasteiger charge is -2.26. The molecule has 1 fully saturated rings. The number of hydrogen-bond donors (Lipinski definition) is 1. The molecule has 3 aromatic rings. The van der Waals surface area contributed by atoms with Crippen molar-refractivity contribution in [2.75, 3.05) is 26.2 Å². The van der Waals surface area contributed by atoms with E-state index in [9.17, 15) is 9.18 Å². The molecule has 0 atom stereocenters. The van der Waals surface area contributed by atoms with Crippen LogP contribution in [0.25, 0.3) is 11.0 Å². The molecule has 2 heterocycles. The standard InChI is InChI=1S/C20H19FN2O2S/c21-16-6-2-4-8-18(16)26-13-15-14-5-1-3-7-17(14)25-19(15)20(24)23-11-9-22-10-12-23/h1-8,22H,9-13H2. The Balaban J connectivity index is 1.67. The molecule has 1 amide bonds. The fourth-order valence-corrected chi connectivity index (χ4v) is 4.11. The van der Waals surface area contributed by atoms with Gasteiger partial charge in [-0.25, -0.2) is 4.39 Å². The van der Waals surface area contributed by atoms with Crippen molar-refractivity contribution >= 4 is 28.6 Å². The monoisotopic (exact) mass is 370 g/mol. The van der Waals surface area contributed by atoms with Gasteiger partial charge in [0.2, 0.25) is 0 Å². The summed E-state index contributed by atoms with van der Waals surface area (Å²) in [5.41, 5.74) is 1.52. The van der Waals surface area contributed by atoms with Crippen LogP contribution in [0, 0.1) is 5.82 Å². The van der Waals surface area contributed by atoms with Gasteiger partial charge in [0.05, 0.1) is 0 Å². The summed E-state index contributed by atoms with van der Waals surface area (Å²) in [6.45, 7) is 2.89. The number of piperazine rings is 1. The maximum Gasteiger partial charge on any atom is 0.290 e. The average Bonchev–Trinajstić information content (AvgIpc) is 3.06. The molecule has 26 heavy (non-hydrogen) atoms. The molecule has 1 aliphatic rings. The van der Waals surface area contributed by atoms with Gasteiger partial charge in [-0.15, -0.1) is 11.8 Å². The summed E-state index contributed by atoms with van der Waals surface area (Å²) >= 11 is 1.38. The van der Waals surface area contributed by atoms with Crippen LogP contribution in [0.3, 0.4) is 0 Å². The molecule has 1 saturated heterocycles. The molecule has 0 saturated carbocycles. The average molecular weight is 370 g/mol. The van der Waals surface area contributed by atoms with Crippen LogP contribution in [0.4, 0.5) is 4.39 Å². The summed E-state index contributed by atoms with van der Waals surface area (Å²) in [5, 5.41) is 4.16. The van der Waals surface area contributed by atoms with Crippen molar-refractivity contribution in [3.05, 3.63) is 65.7 Å². The van der Waals surface area contributed by atoms with Crippen molar-refractivity contribution in [3.63, 3.8) is 0 Å². The van der Waals surface area contributed by atoms with Crippen LogP contribution in [-0.4, -0.2) is 37.0 Å². The highest BCUT2D eigenvalue weighted by molar-refractivity contribution is 7.98. The summed E-state index contributed by atoms with van der Waals surface area (Å²) in [6.07, 6.45) is 0. The molecular formula is C20H19FN2O2S. The first kappa shape index (κ1) is 17.1.